The number of esters is 1. The highest BCUT2D eigenvalue weighted by Gasteiger charge is 2.24. The van der Waals surface area contributed by atoms with E-state index in [4.69, 9.17) is 19.7 Å². The van der Waals surface area contributed by atoms with Gasteiger partial charge >= 0.3 is 5.97 Å². The molecule has 0 radical (unpaired) electrons. The molecule has 2 N–H and O–H groups in total. The number of halogens is 3. The molecule has 0 spiro atoms. The lowest BCUT2D eigenvalue weighted by Crippen LogP contribution is -2.18. The van der Waals surface area contributed by atoms with Crippen molar-refractivity contribution in [2.45, 2.75) is 57.3 Å². The summed E-state index contributed by atoms with van der Waals surface area (Å²) in [5.74, 6) is -2.04. The summed E-state index contributed by atoms with van der Waals surface area (Å²) in [5, 5.41) is 17.1. The van der Waals surface area contributed by atoms with Crippen LogP contribution in [0.25, 0.3) is 22.3 Å². The monoisotopic (exact) mass is 666 g/mol. The van der Waals surface area contributed by atoms with Crippen LogP contribution in [0.3, 0.4) is 0 Å². The number of aldehydes is 1. The molecule has 48 heavy (non-hydrogen) atoms. The van der Waals surface area contributed by atoms with Crippen LogP contribution in [-0.2, 0) is 19.1 Å². The topological polar surface area (TPSA) is 93.1 Å². The minimum Gasteiger partial charge on any atom is -0.462 e. The largest absolute Gasteiger partial charge is 0.462 e. The fourth-order valence-electron chi connectivity index (χ4n) is 5.96. The van der Waals surface area contributed by atoms with Crippen LogP contribution in [0.5, 0.6) is 0 Å². The van der Waals surface area contributed by atoms with Crippen LogP contribution in [0.1, 0.15) is 68.4 Å². The highest BCUT2D eigenvalue weighted by atomic mass is 19.1. The molecule has 6 nitrogen and oxygen atoms in total. The summed E-state index contributed by atoms with van der Waals surface area (Å²) in [5.41, 5.74) is 2.26. The average molecular weight is 667 g/mol. The predicted octanol–water partition coefficient (Wildman–Crippen LogP) is 8.07. The minimum absolute atomic E-state index is 0.0209. The Labute approximate surface area is 280 Å². The number of aliphatic hydroxyl groups is 2. The normalized spacial score (nSPS) is 16.3. The van der Waals surface area contributed by atoms with Crippen molar-refractivity contribution < 1.29 is 42.4 Å². The molecule has 1 unspecified atom stereocenters. The summed E-state index contributed by atoms with van der Waals surface area (Å²) in [6, 6.07) is 13.9. The number of hydrogen-bond acceptors (Lipinski definition) is 6. The first-order chi connectivity index (χ1) is 23.1. The van der Waals surface area contributed by atoms with Crippen molar-refractivity contribution in [3.8, 4) is 22.3 Å². The Bertz CT molecular complexity index is 1520. The first kappa shape index (κ1) is 38.4. The van der Waals surface area contributed by atoms with Gasteiger partial charge in [0.15, 0.2) is 0 Å². The molecule has 1 aliphatic rings. The molecule has 4 rings (SSSR count). The molecule has 0 bridgehead atoms. The van der Waals surface area contributed by atoms with Crippen LogP contribution in [0, 0.1) is 23.4 Å². The third-order valence-corrected chi connectivity index (χ3v) is 8.66. The van der Waals surface area contributed by atoms with Crippen LogP contribution in [-0.4, -0.2) is 56.0 Å². The molecule has 9 heteroatoms. The zero-order valence-electron chi connectivity index (χ0n) is 27.7. The highest BCUT2D eigenvalue weighted by Crippen LogP contribution is 2.39. The van der Waals surface area contributed by atoms with Crippen LogP contribution < -0.4 is 0 Å². The molecule has 0 heterocycles. The van der Waals surface area contributed by atoms with E-state index >= 15 is 13.2 Å². The van der Waals surface area contributed by atoms with Crippen molar-refractivity contribution in [2.75, 3.05) is 33.5 Å². The van der Waals surface area contributed by atoms with Gasteiger partial charge in [-0.2, -0.15) is 0 Å². The van der Waals surface area contributed by atoms with Crippen LogP contribution in [0.15, 0.2) is 78.9 Å². The van der Waals surface area contributed by atoms with Gasteiger partial charge in [-0.25, -0.2) is 18.0 Å². The fourth-order valence-corrected chi connectivity index (χ4v) is 5.96. The molecule has 258 valence electrons. The molecule has 1 aliphatic carbocycles. The van der Waals surface area contributed by atoms with E-state index in [1.54, 1.807) is 30.3 Å². The van der Waals surface area contributed by atoms with Gasteiger partial charge in [-0.15, -0.1) is 0 Å². The quantitative estimate of drug-likeness (QED) is 0.103. The van der Waals surface area contributed by atoms with Gasteiger partial charge in [0.2, 0.25) is 0 Å². The van der Waals surface area contributed by atoms with Crippen molar-refractivity contribution in [2.24, 2.45) is 5.92 Å². The summed E-state index contributed by atoms with van der Waals surface area (Å²) in [4.78, 5) is 21.3. The van der Waals surface area contributed by atoms with Crippen LogP contribution in [0.2, 0.25) is 0 Å². The number of aliphatic hydroxyl groups excluding tert-OH is 2. The number of hydrogen-bond donors (Lipinski definition) is 2. The Kier molecular flexibility index (Phi) is 15.3. The van der Waals surface area contributed by atoms with E-state index in [0.717, 1.165) is 42.7 Å². The maximum atomic E-state index is 15.3. The van der Waals surface area contributed by atoms with Crippen molar-refractivity contribution >= 4 is 12.3 Å². The summed E-state index contributed by atoms with van der Waals surface area (Å²) >= 11 is 0. The highest BCUT2D eigenvalue weighted by molar-refractivity contribution is 5.87. The zero-order chi connectivity index (χ0) is 35.2. The molecule has 0 aliphatic heterocycles. The van der Waals surface area contributed by atoms with E-state index in [0.29, 0.717) is 17.8 Å². The third-order valence-electron chi connectivity index (χ3n) is 8.66. The summed E-state index contributed by atoms with van der Waals surface area (Å²) < 4.78 is 56.3. The van der Waals surface area contributed by atoms with Gasteiger partial charge in [0.25, 0.3) is 0 Å². The van der Waals surface area contributed by atoms with Gasteiger partial charge in [-0.3, -0.25) is 4.79 Å². The Morgan fingerprint density at radius 1 is 0.896 bits per heavy atom. The van der Waals surface area contributed by atoms with Gasteiger partial charge in [-0.05, 0) is 78.0 Å². The molecule has 0 aromatic heterocycles. The number of carbonyl (C=O) groups is 2. The summed E-state index contributed by atoms with van der Waals surface area (Å²) in [6.45, 7) is 8.30. The van der Waals surface area contributed by atoms with Gasteiger partial charge in [0, 0.05) is 24.2 Å². The Morgan fingerprint density at radius 2 is 1.54 bits per heavy atom. The molecule has 1 atom stereocenters. The van der Waals surface area contributed by atoms with Gasteiger partial charge in [0.05, 0.1) is 31.0 Å². The van der Waals surface area contributed by atoms with Crippen molar-refractivity contribution in [1.29, 1.82) is 0 Å². The van der Waals surface area contributed by atoms with E-state index in [1.807, 2.05) is 6.07 Å². The van der Waals surface area contributed by atoms with E-state index in [1.165, 1.54) is 38.2 Å². The van der Waals surface area contributed by atoms with Crippen LogP contribution >= 0.6 is 0 Å². The number of rotatable bonds is 14. The molecule has 1 fully saturated rings. The molecule has 3 aromatic rings. The van der Waals surface area contributed by atoms with E-state index in [2.05, 4.69) is 20.1 Å². The lowest BCUT2D eigenvalue weighted by Gasteiger charge is -2.28. The molecular weight excluding hydrogens is 621 g/mol. The molecule has 3 aromatic carbocycles. The Hall–Kier alpha value is -4.05. The van der Waals surface area contributed by atoms with Crippen molar-refractivity contribution in [1.82, 2.24) is 0 Å². The van der Waals surface area contributed by atoms with Gasteiger partial charge in [0.1, 0.15) is 30.3 Å². The Morgan fingerprint density at radius 3 is 2.04 bits per heavy atom. The second-order valence-corrected chi connectivity index (χ2v) is 12.1. The Balaban J connectivity index is 0.000000952. The predicted molar refractivity (Wildman–Crippen MR) is 181 cm³/mol. The molecule has 1 saturated carbocycles. The van der Waals surface area contributed by atoms with Crippen LogP contribution in [0.4, 0.5) is 13.2 Å². The number of carbonyl (C=O) groups excluding carboxylic acids is 2. The first-order valence-corrected chi connectivity index (χ1v) is 16.1. The maximum absolute atomic E-state index is 15.3. The molecular formula is C39H45F3O6. The average Bonchev–Trinajstić information content (AvgIpc) is 3.09. The van der Waals surface area contributed by atoms with E-state index in [-0.39, 0.29) is 53.6 Å². The SMILES string of the molecule is C=C(C=O)CO.C=C(CO)C(=O)OCC(COC)c1ccc(-c2c(F)cc(-c3ccc(C4CCC(CCC)CC4)cc3F)cc2F)cc1. The minimum atomic E-state index is -0.791. The fraction of sp³-hybridized carbons (Fsp3) is 0.385. The zero-order valence-corrected chi connectivity index (χ0v) is 27.7. The number of methoxy groups -OCH3 is 1. The number of benzene rings is 3. The second kappa shape index (κ2) is 19.1. The summed E-state index contributed by atoms with van der Waals surface area (Å²) in [7, 11) is 1.51. The van der Waals surface area contributed by atoms with E-state index in [9.17, 15) is 9.59 Å². The lowest BCUT2D eigenvalue weighted by molar-refractivity contribution is -0.140. The number of ether oxygens (including phenoxy) is 2. The van der Waals surface area contributed by atoms with Crippen molar-refractivity contribution in [3.05, 3.63) is 107 Å². The standard InChI is InChI=1S/C35H39F3O4.C4H6O2/c1-4-5-23-6-8-24(9-7-23)27-14-15-30(31(36)16-27)28-17-32(37)34(33(38)18-28)26-12-10-25(11-13-26)29(20-41-3)21-42-35(40)22(2)19-39;1-4(2-5)3-6/h10-18,23-24,29,39H,2,4-9,19-21H2,1,3H3;2,6H,1,3H2. The lowest BCUT2D eigenvalue weighted by atomic mass is 9.77. The maximum Gasteiger partial charge on any atom is 0.335 e. The summed E-state index contributed by atoms with van der Waals surface area (Å²) in [6.07, 6.45) is 7.34. The van der Waals surface area contributed by atoms with Gasteiger partial charge in [-0.1, -0.05) is 69.3 Å². The second-order valence-electron chi connectivity index (χ2n) is 12.1. The third kappa shape index (κ3) is 10.5. The first-order valence-electron chi connectivity index (χ1n) is 16.1. The van der Waals surface area contributed by atoms with E-state index < -0.39 is 30.0 Å². The molecule has 0 saturated heterocycles. The smallest absolute Gasteiger partial charge is 0.335 e. The van der Waals surface area contributed by atoms with Crippen molar-refractivity contribution in [3.63, 3.8) is 0 Å². The molecule has 0 amide bonds. The van der Waals surface area contributed by atoms with Gasteiger partial charge < -0.3 is 19.7 Å².